The third kappa shape index (κ3) is 5.13. The molecule has 1 aromatic heterocycles. The molecular weight excluding hydrogens is 361 g/mol. The number of pyridine rings is 1. The largest absolute Gasteiger partial charge is 0.383 e. The number of hydrogen-bond acceptors (Lipinski definition) is 4. The van der Waals surface area contributed by atoms with Crippen LogP contribution in [0.2, 0.25) is 0 Å². The van der Waals surface area contributed by atoms with Gasteiger partial charge in [-0.1, -0.05) is 12.1 Å². The number of benzene rings is 1. The average Bonchev–Trinajstić information content (AvgIpc) is 3.17. The number of carbonyl (C=O) groups excluding carboxylic acids is 2. The molecule has 0 saturated heterocycles. The van der Waals surface area contributed by atoms with Crippen molar-refractivity contribution in [2.45, 2.75) is 25.3 Å². The average molecular weight is 385 g/mol. The first-order valence-corrected chi connectivity index (χ1v) is 9.36. The van der Waals surface area contributed by atoms with E-state index in [1.165, 1.54) is 18.3 Å². The molecule has 0 aliphatic heterocycles. The van der Waals surface area contributed by atoms with Gasteiger partial charge in [0.2, 0.25) is 5.91 Å². The van der Waals surface area contributed by atoms with E-state index in [-0.39, 0.29) is 29.6 Å². The van der Waals surface area contributed by atoms with Crippen molar-refractivity contribution in [2.24, 2.45) is 5.92 Å². The van der Waals surface area contributed by atoms with Crippen LogP contribution in [0.1, 0.15) is 29.6 Å². The summed E-state index contributed by atoms with van der Waals surface area (Å²) in [5.41, 5.74) is 1.70. The van der Waals surface area contributed by atoms with Crippen LogP contribution in [0, 0.1) is 11.7 Å². The van der Waals surface area contributed by atoms with Crippen LogP contribution in [0.3, 0.4) is 0 Å². The molecule has 1 aliphatic rings. The van der Waals surface area contributed by atoms with Crippen LogP contribution in [0.25, 0.3) is 11.3 Å². The molecule has 0 spiro atoms. The van der Waals surface area contributed by atoms with Crippen molar-refractivity contribution in [3.63, 3.8) is 0 Å². The van der Waals surface area contributed by atoms with Crippen molar-refractivity contribution in [1.29, 1.82) is 0 Å². The molecule has 2 aromatic rings. The molecule has 1 fully saturated rings. The van der Waals surface area contributed by atoms with E-state index >= 15 is 0 Å². The number of nitrogens with zero attached hydrogens (tertiary/aromatic N) is 1. The number of nitrogens with one attached hydrogen (secondary N) is 2. The number of methoxy groups -OCH3 is 1. The summed E-state index contributed by atoms with van der Waals surface area (Å²) >= 11 is 0. The topological polar surface area (TPSA) is 80.3 Å². The van der Waals surface area contributed by atoms with Gasteiger partial charge in [-0.2, -0.15) is 0 Å². The number of aromatic nitrogens is 1. The Kier molecular flexibility index (Phi) is 6.71. The van der Waals surface area contributed by atoms with Crippen molar-refractivity contribution in [1.82, 2.24) is 15.6 Å². The molecule has 2 N–H and O–H groups in total. The van der Waals surface area contributed by atoms with E-state index in [0.29, 0.717) is 36.4 Å². The smallest absolute Gasteiger partial charge is 0.253 e. The number of carbonyl (C=O) groups is 2. The van der Waals surface area contributed by atoms with Crippen molar-refractivity contribution in [3.05, 3.63) is 54.0 Å². The third-order valence-corrected chi connectivity index (χ3v) is 4.89. The standard InChI is InChI=1S/C21H24FN3O3/c1-28-10-9-23-20(26)15-5-7-18(12-15)25-21(27)16-6-8-19(24-13-16)14-3-2-4-17(22)11-14/h2-4,6,8,11,13,15,18H,5,7,9-10,12H2,1H3,(H,23,26)(H,25,27)/t15-,18+/m0/s1. The predicted molar refractivity (Wildman–Crippen MR) is 103 cm³/mol. The zero-order chi connectivity index (χ0) is 19.9. The molecule has 2 amide bonds. The number of ether oxygens (including phenoxy) is 1. The van der Waals surface area contributed by atoms with Gasteiger partial charge >= 0.3 is 0 Å². The van der Waals surface area contributed by atoms with Gasteiger partial charge in [-0.05, 0) is 43.5 Å². The number of halogens is 1. The van der Waals surface area contributed by atoms with E-state index in [0.717, 1.165) is 12.8 Å². The Bertz CT molecular complexity index is 826. The van der Waals surface area contributed by atoms with Gasteiger partial charge in [0, 0.05) is 37.4 Å². The number of hydrogen-bond donors (Lipinski definition) is 2. The first-order chi connectivity index (χ1) is 13.6. The molecular formula is C21H24FN3O3. The second-order valence-electron chi connectivity index (χ2n) is 6.91. The molecule has 0 bridgehead atoms. The summed E-state index contributed by atoms with van der Waals surface area (Å²) in [5.74, 6) is -0.627. The fraction of sp³-hybridized carbons (Fsp3) is 0.381. The highest BCUT2D eigenvalue weighted by Crippen LogP contribution is 2.26. The molecule has 3 rings (SSSR count). The van der Waals surface area contributed by atoms with Crippen LogP contribution in [0.4, 0.5) is 4.39 Å². The molecule has 1 aromatic carbocycles. The minimum absolute atomic E-state index is 0.00918. The normalized spacial score (nSPS) is 18.6. The summed E-state index contributed by atoms with van der Waals surface area (Å²) in [5, 5.41) is 5.82. The molecule has 6 nitrogen and oxygen atoms in total. The zero-order valence-electron chi connectivity index (χ0n) is 15.8. The van der Waals surface area contributed by atoms with Gasteiger partial charge in [0.25, 0.3) is 5.91 Å². The zero-order valence-corrected chi connectivity index (χ0v) is 15.8. The first-order valence-electron chi connectivity index (χ1n) is 9.36. The van der Waals surface area contributed by atoms with Crippen molar-refractivity contribution < 1.29 is 18.7 Å². The van der Waals surface area contributed by atoms with Gasteiger partial charge in [-0.15, -0.1) is 0 Å². The van der Waals surface area contributed by atoms with Gasteiger partial charge in [0.1, 0.15) is 5.82 Å². The lowest BCUT2D eigenvalue weighted by Gasteiger charge is -2.14. The molecule has 148 valence electrons. The summed E-state index contributed by atoms with van der Waals surface area (Å²) in [6.07, 6.45) is 3.63. The highest BCUT2D eigenvalue weighted by molar-refractivity contribution is 5.94. The fourth-order valence-electron chi connectivity index (χ4n) is 3.39. The Morgan fingerprint density at radius 2 is 2.11 bits per heavy atom. The van der Waals surface area contributed by atoms with Crippen LogP contribution >= 0.6 is 0 Å². The minimum Gasteiger partial charge on any atom is -0.383 e. The second kappa shape index (κ2) is 9.41. The lowest BCUT2D eigenvalue weighted by molar-refractivity contribution is -0.125. The summed E-state index contributed by atoms with van der Waals surface area (Å²) < 4.78 is 18.3. The van der Waals surface area contributed by atoms with Crippen LogP contribution in [-0.4, -0.2) is 43.1 Å². The molecule has 28 heavy (non-hydrogen) atoms. The van der Waals surface area contributed by atoms with Crippen molar-refractivity contribution in [2.75, 3.05) is 20.3 Å². The summed E-state index contributed by atoms with van der Waals surface area (Å²) in [6, 6.07) is 9.50. The fourth-order valence-corrected chi connectivity index (χ4v) is 3.39. The molecule has 0 radical (unpaired) electrons. The van der Waals surface area contributed by atoms with Crippen molar-refractivity contribution >= 4 is 11.8 Å². The SMILES string of the molecule is COCCNC(=O)[C@H]1CC[C@@H](NC(=O)c2ccc(-c3cccc(F)c3)nc2)C1. The Labute approximate surface area is 163 Å². The second-order valence-corrected chi connectivity index (χ2v) is 6.91. The monoisotopic (exact) mass is 385 g/mol. The van der Waals surface area contributed by atoms with Gasteiger partial charge < -0.3 is 15.4 Å². The van der Waals surface area contributed by atoms with E-state index in [2.05, 4.69) is 15.6 Å². The van der Waals surface area contributed by atoms with E-state index < -0.39 is 0 Å². The van der Waals surface area contributed by atoms with Crippen LogP contribution in [0.15, 0.2) is 42.6 Å². The van der Waals surface area contributed by atoms with Gasteiger partial charge in [-0.3, -0.25) is 14.6 Å². The predicted octanol–water partition coefficient (Wildman–Crippen LogP) is 2.55. The van der Waals surface area contributed by atoms with Crippen LogP contribution in [0.5, 0.6) is 0 Å². The highest BCUT2D eigenvalue weighted by atomic mass is 19.1. The molecule has 0 unspecified atom stereocenters. The molecule has 7 heteroatoms. The van der Waals surface area contributed by atoms with Crippen LogP contribution < -0.4 is 10.6 Å². The van der Waals surface area contributed by atoms with Crippen LogP contribution in [-0.2, 0) is 9.53 Å². The molecule has 1 heterocycles. The lowest BCUT2D eigenvalue weighted by atomic mass is 10.1. The maximum Gasteiger partial charge on any atom is 0.253 e. The molecule has 2 atom stereocenters. The quantitative estimate of drug-likeness (QED) is 0.718. The Morgan fingerprint density at radius 1 is 1.25 bits per heavy atom. The lowest BCUT2D eigenvalue weighted by Crippen LogP contribution is -2.35. The van der Waals surface area contributed by atoms with E-state index in [9.17, 15) is 14.0 Å². The summed E-state index contributed by atoms with van der Waals surface area (Å²) in [6.45, 7) is 0.976. The Balaban J connectivity index is 1.53. The van der Waals surface area contributed by atoms with E-state index in [1.807, 2.05) is 0 Å². The van der Waals surface area contributed by atoms with Gasteiger partial charge in [0.15, 0.2) is 0 Å². The molecule has 1 saturated carbocycles. The summed E-state index contributed by atoms with van der Waals surface area (Å²) in [4.78, 5) is 28.8. The van der Waals surface area contributed by atoms with E-state index in [4.69, 9.17) is 4.74 Å². The van der Waals surface area contributed by atoms with Gasteiger partial charge in [0.05, 0.1) is 17.9 Å². The van der Waals surface area contributed by atoms with E-state index in [1.54, 1.807) is 31.4 Å². The minimum atomic E-state index is -0.330. The third-order valence-electron chi connectivity index (χ3n) is 4.89. The molecule has 1 aliphatic carbocycles. The maximum atomic E-state index is 13.3. The summed E-state index contributed by atoms with van der Waals surface area (Å²) in [7, 11) is 1.59. The Hall–Kier alpha value is -2.80. The van der Waals surface area contributed by atoms with Crippen molar-refractivity contribution in [3.8, 4) is 11.3 Å². The maximum absolute atomic E-state index is 13.3. The van der Waals surface area contributed by atoms with Gasteiger partial charge in [-0.25, -0.2) is 4.39 Å². The number of rotatable bonds is 7. The Morgan fingerprint density at radius 3 is 2.82 bits per heavy atom. The highest BCUT2D eigenvalue weighted by Gasteiger charge is 2.30. The number of amides is 2. The first kappa shape index (κ1) is 19.9.